The van der Waals surface area contributed by atoms with E-state index < -0.39 is 11.9 Å². The van der Waals surface area contributed by atoms with Gasteiger partial charge in [0, 0.05) is 11.1 Å². The molecule has 2 N–H and O–H groups in total. The molecule has 0 saturated heterocycles. The number of nitrogens with zero attached hydrogens (tertiary/aromatic N) is 1. The normalized spacial score (nSPS) is 26.8. The van der Waals surface area contributed by atoms with Crippen LogP contribution in [0, 0.1) is 24.7 Å². The Bertz CT molecular complexity index is 524. The van der Waals surface area contributed by atoms with Gasteiger partial charge in [0.2, 0.25) is 5.91 Å². The van der Waals surface area contributed by atoms with E-state index in [1.807, 2.05) is 12.3 Å². The van der Waals surface area contributed by atoms with Crippen LogP contribution < -0.4 is 5.32 Å². The molecule has 2 aliphatic carbocycles. The summed E-state index contributed by atoms with van der Waals surface area (Å²) in [5.41, 5.74) is 0.967. The Labute approximate surface area is 115 Å². The molecule has 19 heavy (non-hydrogen) atoms. The van der Waals surface area contributed by atoms with Crippen LogP contribution in [0.5, 0.6) is 0 Å². The van der Waals surface area contributed by atoms with Gasteiger partial charge in [0.1, 0.15) is 5.01 Å². The zero-order valence-electron chi connectivity index (χ0n) is 10.6. The number of hydrogen-bond acceptors (Lipinski definition) is 4. The predicted molar refractivity (Wildman–Crippen MR) is 69.7 cm³/mol. The van der Waals surface area contributed by atoms with Crippen molar-refractivity contribution in [3.05, 3.63) is 16.1 Å². The summed E-state index contributed by atoms with van der Waals surface area (Å²) >= 11 is 1.57. The van der Waals surface area contributed by atoms with Gasteiger partial charge in [-0.25, -0.2) is 4.98 Å². The van der Waals surface area contributed by atoms with E-state index in [1.54, 1.807) is 11.3 Å². The van der Waals surface area contributed by atoms with Crippen LogP contribution in [0.1, 0.15) is 36.0 Å². The molecule has 5 nitrogen and oxygen atoms in total. The molecule has 2 saturated carbocycles. The Hall–Kier alpha value is -1.43. The van der Waals surface area contributed by atoms with Crippen LogP contribution in [-0.2, 0) is 9.59 Å². The number of aryl methyl sites for hydroxylation is 1. The molecule has 1 aromatic rings. The van der Waals surface area contributed by atoms with E-state index in [4.69, 9.17) is 5.11 Å². The molecule has 0 bridgehead atoms. The lowest BCUT2D eigenvalue weighted by Crippen LogP contribution is -2.32. The van der Waals surface area contributed by atoms with Crippen LogP contribution in [-0.4, -0.2) is 22.0 Å². The number of carboxylic acids is 1. The smallest absolute Gasteiger partial charge is 0.307 e. The molecule has 102 valence electrons. The lowest BCUT2D eigenvalue weighted by Gasteiger charge is -2.15. The first-order valence-electron chi connectivity index (χ1n) is 6.51. The number of aromatic nitrogens is 1. The van der Waals surface area contributed by atoms with E-state index in [9.17, 15) is 9.59 Å². The quantitative estimate of drug-likeness (QED) is 0.861. The van der Waals surface area contributed by atoms with Gasteiger partial charge in [-0.3, -0.25) is 9.59 Å². The summed E-state index contributed by atoms with van der Waals surface area (Å²) in [5.74, 6) is -1.36. The van der Waals surface area contributed by atoms with Gasteiger partial charge in [0.05, 0.1) is 17.9 Å². The third kappa shape index (κ3) is 2.63. The van der Waals surface area contributed by atoms with Gasteiger partial charge in [0.25, 0.3) is 0 Å². The lowest BCUT2D eigenvalue weighted by molar-refractivity contribution is -0.140. The summed E-state index contributed by atoms with van der Waals surface area (Å²) in [6.45, 7) is 1.94. The van der Waals surface area contributed by atoms with Gasteiger partial charge < -0.3 is 10.4 Å². The monoisotopic (exact) mass is 280 g/mol. The molecule has 6 heteroatoms. The van der Waals surface area contributed by atoms with Gasteiger partial charge >= 0.3 is 5.97 Å². The van der Waals surface area contributed by atoms with Crippen molar-refractivity contribution in [3.63, 3.8) is 0 Å². The SMILES string of the molecule is Cc1csc([C@H](NC(=O)[C@H]2C[C@@H]2C(=O)O)C2CC2)n1. The molecule has 0 spiro atoms. The number of nitrogens with one attached hydrogen (secondary N) is 1. The van der Waals surface area contributed by atoms with Crippen molar-refractivity contribution in [2.45, 2.75) is 32.2 Å². The standard InChI is InChI=1S/C13H16N2O3S/c1-6-5-19-12(14-6)10(7-2-3-7)15-11(16)8-4-9(8)13(17)18/h5,7-10H,2-4H2,1H3,(H,15,16)(H,17,18)/t8-,9-,10+/m0/s1. The van der Waals surface area contributed by atoms with Crippen LogP contribution in [0.15, 0.2) is 5.38 Å². The average molecular weight is 280 g/mol. The number of carbonyl (C=O) groups is 2. The maximum absolute atomic E-state index is 12.0. The average Bonchev–Trinajstić information content (AvgIpc) is 3.23. The fourth-order valence-electron chi connectivity index (χ4n) is 2.34. The van der Waals surface area contributed by atoms with E-state index in [0.29, 0.717) is 12.3 Å². The summed E-state index contributed by atoms with van der Waals surface area (Å²) in [6.07, 6.45) is 2.68. The molecule has 1 amide bonds. The van der Waals surface area contributed by atoms with Crippen LogP contribution in [0.4, 0.5) is 0 Å². The first-order valence-corrected chi connectivity index (χ1v) is 7.39. The molecular formula is C13H16N2O3S. The van der Waals surface area contributed by atoms with E-state index >= 15 is 0 Å². The van der Waals surface area contributed by atoms with Gasteiger partial charge in [-0.05, 0) is 32.1 Å². The maximum atomic E-state index is 12.0. The Kier molecular flexibility index (Phi) is 3.05. The number of rotatable bonds is 5. The minimum absolute atomic E-state index is 0.0266. The van der Waals surface area contributed by atoms with Gasteiger partial charge in [-0.2, -0.15) is 0 Å². The minimum atomic E-state index is -0.867. The molecule has 3 atom stereocenters. The second-order valence-corrected chi connectivity index (χ2v) is 6.33. The number of aliphatic carboxylic acids is 1. The Balaban J connectivity index is 1.66. The summed E-state index contributed by atoms with van der Waals surface area (Å²) in [6, 6.07) is -0.0266. The second-order valence-electron chi connectivity index (χ2n) is 5.44. The van der Waals surface area contributed by atoms with E-state index in [0.717, 1.165) is 23.5 Å². The highest BCUT2D eigenvalue weighted by Gasteiger charge is 2.49. The van der Waals surface area contributed by atoms with Crippen molar-refractivity contribution in [3.8, 4) is 0 Å². The number of carboxylic acid groups (broad SMARTS) is 1. The Morgan fingerprint density at radius 3 is 2.68 bits per heavy atom. The molecule has 3 rings (SSSR count). The topological polar surface area (TPSA) is 79.3 Å². The summed E-state index contributed by atoms with van der Waals surface area (Å²) in [5, 5.41) is 14.8. The van der Waals surface area contributed by atoms with Crippen LogP contribution in [0.25, 0.3) is 0 Å². The predicted octanol–water partition coefficient (Wildman–Crippen LogP) is 1.74. The zero-order chi connectivity index (χ0) is 13.6. The molecule has 0 unspecified atom stereocenters. The molecule has 2 aliphatic rings. The number of carbonyl (C=O) groups excluding carboxylic acids is 1. The Morgan fingerprint density at radius 2 is 2.21 bits per heavy atom. The van der Waals surface area contributed by atoms with Crippen LogP contribution >= 0.6 is 11.3 Å². The Morgan fingerprint density at radius 1 is 1.47 bits per heavy atom. The maximum Gasteiger partial charge on any atom is 0.307 e. The number of amides is 1. The summed E-state index contributed by atoms with van der Waals surface area (Å²) < 4.78 is 0. The third-order valence-electron chi connectivity index (χ3n) is 3.74. The van der Waals surface area contributed by atoms with Crippen molar-refractivity contribution in [1.82, 2.24) is 10.3 Å². The van der Waals surface area contributed by atoms with E-state index in [-0.39, 0.29) is 17.9 Å². The minimum Gasteiger partial charge on any atom is -0.481 e. The molecule has 0 aromatic carbocycles. The van der Waals surface area contributed by atoms with E-state index in [2.05, 4.69) is 10.3 Å². The molecule has 0 radical (unpaired) electrons. The molecule has 2 fully saturated rings. The van der Waals surface area contributed by atoms with E-state index in [1.165, 1.54) is 0 Å². The fraction of sp³-hybridized carbons (Fsp3) is 0.615. The highest BCUT2D eigenvalue weighted by atomic mass is 32.1. The van der Waals surface area contributed by atoms with Crippen molar-refractivity contribution < 1.29 is 14.7 Å². The van der Waals surface area contributed by atoms with Gasteiger partial charge in [-0.1, -0.05) is 0 Å². The van der Waals surface area contributed by atoms with Crippen molar-refractivity contribution in [2.24, 2.45) is 17.8 Å². The molecule has 1 heterocycles. The number of thiazole rings is 1. The van der Waals surface area contributed by atoms with Gasteiger partial charge in [0.15, 0.2) is 0 Å². The lowest BCUT2D eigenvalue weighted by atomic mass is 10.2. The zero-order valence-corrected chi connectivity index (χ0v) is 11.4. The fourth-order valence-corrected chi connectivity index (χ4v) is 3.28. The van der Waals surface area contributed by atoms with Crippen molar-refractivity contribution in [2.75, 3.05) is 0 Å². The van der Waals surface area contributed by atoms with Crippen molar-refractivity contribution in [1.29, 1.82) is 0 Å². The second kappa shape index (κ2) is 4.59. The molecule has 0 aliphatic heterocycles. The first kappa shape index (κ1) is 12.6. The summed E-state index contributed by atoms with van der Waals surface area (Å²) in [7, 11) is 0. The molecular weight excluding hydrogens is 264 g/mol. The van der Waals surface area contributed by atoms with Crippen molar-refractivity contribution >= 4 is 23.2 Å². The van der Waals surface area contributed by atoms with Crippen LogP contribution in [0.3, 0.4) is 0 Å². The summed E-state index contributed by atoms with van der Waals surface area (Å²) in [4.78, 5) is 27.3. The van der Waals surface area contributed by atoms with Gasteiger partial charge in [-0.15, -0.1) is 11.3 Å². The number of hydrogen-bond donors (Lipinski definition) is 2. The first-order chi connectivity index (χ1) is 9.06. The largest absolute Gasteiger partial charge is 0.481 e. The molecule has 1 aromatic heterocycles. The third-order valence-corrected chi connectivity index (χ3v) is 4.78. The highest BCUT2D eigenvalue weighted by Crippen LogP contribution is 2.44. The van der Waals surface area contributed by atoms with Crippen LogP contribution in [0.2, 0.25) is 0 Å². The highest BCUT2D eigenvalue weighted by molar-refractivity contribution is 7.09.